The fourth-order valence-electron chi connectivity index (χ4n) is 3.11. The SMILES string of the molecule is CCC(N)Cc1cc(COC)c(CC(C)C)c2c1OCC2. The quantitative estimate of drug-likeness (QED) is 0.838. The second-order valence-electron chi connectivity index (χ2n) is 6.48. The van der Waals surface area contributed by atoms with Crippen LogP contribution in [0.15, 0.2) is 6.07 Å². The average molecular weight is 291 g/mol. The molecule has 0 aromatic heterocycles. The summed E-state index contributed by atoms with van der Waals surface area (Å²) in [4.78, 5) is 0. The fourth-order valence-corrected chi connectivity index (χ4v) is 3.11. The zero-order valence-electron chi connectivity index (χ0n) is 13.9. The summed E-state index contributed by atoms with van der Waals surface area (Å²) >= 11 is 0. The van der Waals surface area contributed by atoms with Gasteiger partial charge in [-0.25, -0.2) is 0 Å². The topological polar surface area (TPSA) is 44.5 Å². The smallest absolute Gasteiger partial charge is 0.126 e. The Labute approximate surface area is 128 Å². The zero-order chi connectivity index (χ0) is 15.4. The van der Waals surface area contributed by atoms with Crippen molar-refractivity contribution >= 4 is 0 Å². The van der Waals surface area contributed by atoms with Gasteiger partial charge in [0.15, 0.2) is 0 Å². The van der Waals surface area contributed by atoms with Crippen molar-refractivity contribution in [2.45, 2.75) is 59.1 Å². The molecular weight excluding hydrogens is 262 g/mol. The maximum atomic E-state index is 6.16. The van der Waals surface area contributed by atoms with E-state index >= 15 is 0 Å². The number of ether oxygens (including phenoxy) is 2. The normalized spacial score (nSPS) is 15.1. The Morgan fingerprint density at radius 1 is 1.29 bits per heavy atom. The third-order valence-electron chi connectivity index (χ3n) is 4.18. The molecule has 0 bridgehead atoms. The second kappa shape index (κ2) is 7.28. The summed E-state index contributed by atoms with van der Waals surface area (Å²) in [5.41, 5.74) is 11.6. The molecule has 1 aliphatic rings. The minimum atomic E-state index is 0.199. The monoisotopic (exact) mass is 291 g/mol. The Balaban J connectivity index is 2.44. The summed E-state index contributed by atoms with van der Waals surface area (Å²) in [6, 6.07) is 2.46. The summed E-state index contributed by atoms with van der Waals surface area (Å²) in [7, 11) is 1.76. The van der Waals surface area contributed by atoms with E-state index in [1.165, 1.54) is 22.3 Å². The van der Waals surface area contributed by atoms with Crippen LogP contribution in [0.25, 0.3) is 0 Å². The van der Waals surface area contributed by atoms with Gasteiger partial charge in [-0.05, 0) is 47.9 Å². The fraction of sp³-hybridized carbons (Fsp3) is 0.667. The van der Waals surface area contributed by atoms with Gasteiger partial charge in [0.2, 0.25) is 0 Å². The highest BCUT2D eigenvalue weighted by Gasteiger charge is 2.24. The molecular formula is C18H29NO2. The van der Waals surface area contributed by atoms with E-state index < -0.39 is 0 Å². The first kappa shape index (κ1) is 16.3. The first-order chi connectivity index (χ1) is 10.1. The predicted octanol–water partition coefficient (Wildman–Crippen LogP) is 3.25. The molecule has 2 rings (SSSR count). The van der Waals surface area contributed by atoms with Crippen LogP contribution in [0.5, 0.6) is 5.75 Å². The van der Waals surface area contributed by atoms with E-state index in [0.29, 0.717) is 12.5 Å². The molecule has 0 saturated carbocycles. The van der Waals surface area contributed by atoms with Gasteiger partial charge in [-0.3, -0.25) is 0 Å². The van der Waals surface area contributed by atoms with Gasteiger partial charge in [0, 0.05) is 25.1 Å². The summed E-state index contributed by atoms with van der Waals surface area (Å²) in [5, 5.41) is 0. The Morgan fingerprint density at radius 3 is 2.67 bits per heavy atom. The third-order valence-corrected chi connectivity index (χ3v) is 4.18. The first-order valence-corrected chi connectivity index (χ1v) is 8.10. The van der Waals surface area contributed by atoms with E-state index in [2.05, 4.69) is 26.8 Å². The van der Waals surface area contributed by atoms with Crippen LogP contribution in [-0.2, 0) is 30.6 Å². The number of rotatable bonds is 7. The van der Waals surface area contributed by atoms with Crippen molar-refractivity contribution in [1.82, 2.24) is 0 Å². The molecule has 1 heterocycles. The van der Waals surface area contributed by atoms with Crippen molar-refractivity contribution in [3.05, 3.63) is 28.3 Å². The first-order valence-electron chi connectivity index (χ1n) is 8.10. The van der Waals surface area contributed by atoms with E-state index in [-0.39, 0.29) is 6.04 Å². The molecule has 118 valence electrons. The maximum Gasteiger partial charge on any atom is 0.126 e. The molecule has 3 heteroatoms. The molecule has 1 aliphatic heterocycles. The van der Waals surface area contributed by atoms with Gasteiger partial charge in [-0.1, -0.05) is 20.8 Å². The third kappa shape index (κ3) is 3.78. The molecule has 0 aliphatic carbocycles. The number of hydrogen-bond acceptors (Lipinski definition) is 3. The van der Waals surface area contributed by atoms with Gasteiger partial charge in [-0.15, -0.1) is 0 Å². The molecule has 1 aromatic rings. The van der Waals surface area contributed by atoms with Crippen molar-refractivity contribution in [2.24, 2.45) is 11.7 Å². The lowest BCUT2D eigenvalue weighted by Crippen LogP contribution is -2.22. The van der Waals surface area contributed by atoms with Crippen LogP contribution in [0.4, 0.5) is 0 Å². The van der Waals surface area contributed by atoms with Gasteiger partial charge >= 0.3 is 0 Å². The van der Waals surface area contributed by atoms with Crippen molar-refractivity contribution in [3.63, 3.8) is 0 Å². The molecule has 1 unspecified atom stereocenters. The van der Waals surface area contributed by atoms with Gasteiger partial charge in [0.25, 0.3) is 0 Å². The highest BCUT2D eigenvalue weighted by Crippen LogP contribution is 2.37. The average Bonchev–Trinajstić information content (AvgIpc) is 2.92. The number of fused-ring (bicyclic) bond motifs is 1. The summed E-state index contributed by atoms with van der Waals surface area (Å²) < 4.78 is 11.4. The lowest BCUT2D eigenvalue weighted by molar-refractivity contribution is 0.183. The zero-order valence-corrected chi connectivity index (χ0v) is 13.9. The van der Waals surface area contributed by atoms with Crippen molar-refractivity contribution in [3.8, 4) is 5.75 Å². The van der Waals surface area contributed by atoms with Crippen LogP contribution in [-0.4, -0.2) is 19.8 Å². The Bertz CT molecular complexity index is 483. The van der Waals surface area contributed by atoms with E-state index in [1.807, 2.05) is 0 Å². The number of nitrogens with two attached hydrogens (primary N) is 1. The molecule has 0 fully saturated rings. The summed E-state index contributed by atoms with van der Waals surface area (Å²) in [6.45, 7) is 8.13. The van der Waals surface area contributed by atoms with E-state index in [4.69, 9.17) is 15.2 Å². The van der Waals surface area contributed by atoms with Gasteiger partial charge in [0.1, 0.15) is 5.75 Å². The number of hydrogen-bond donors (Lipinski definition) is 1. The van der Waals surface area contributed by atoms with E-state index in [0.717, 1.165) is 38.0 Å². The molecule has 2 N–H and O–H groups in total. The second-order valence-corrected chi connectivity index (χ2v) is 6.48. The molecule has 3 nitrogen and oxygen atoms in total. The van der Waals surface area contributed by atoms with Crippen molar-refractivity contribution < 1.29 is 9.47 Å². The van der Waals surface area contributed by atoms with Gasteiger partial charge < -0.3 is 15.2 Å². The van der Waals surface area contributed by atoms with Gasteiger partial charge in [0.05, 0.1) is 13.2 Å². The standard InChI is InChI=1S/C18H29NO2/c1-5-15(19)10-13-9-14(11-20-4)17(8-12(2)3)16-6-7-21-18(13)16/h9,12,15H,5-8,10-11,19H2,1-4H3. The van der Waals surface area contributed by atoms with Crippen LogP contribution < -0.4 is 10.5 Å². The lowest BCUT2D eigenvalue weighted by atomic mass is 9.88. The highest BCUT2D eigenvalue weighted by atomic mass is 16.5. The maximum absolute atomic E-state index is 6.16. The Hall–Kier alpha value is -1.06. The molecule has 0 spiro atoms. The van der Waals surface area contributed by atoms with E-state index in [9.17, 15) is 0 Å². The largest absolute Gasteiger partial charge is 0.493 e. The number of methoxy groups -OCH3 is 1. The Morgan fingerprint density at radius 2 is 2.05 bits per heavy atom. The molecule has 1 atom stereocenters. The molecule has 0 radical (unpaired) electrons. The van der Waals surface area contributed by atoms with Crippen molar-refractivity contribution in [1.29, 1.82) is 0 Å². The Kier molecular flexibility index (Phi) is 5.65. The minimum Gasteiger partial charge on any atom is -0.493 e. The highest BCUT2D eigenvalue weighted by molar-refractivity contribution is 5.53. The lowest BCUT2D eigenvalue weighted by Gasteiger charge is -2.19. The van der Waals surface area contributed by atoms with Crippen LogP contribution in [0.3, 0.4) is 0 Å². The van der Waals surface area contributed by atoms with Gasteiger partial charge in [-0.2, -0.15) is 0 Å². The predicted molar refractivity (Wildman–Crippen MR) is 86.9 cm³/mol. The molecule has 0 amide bonds. The molecule has 21 heavy (non-hydrogen) atoms. The van der Waals surface area contributed by atoms with Crippen LogP contribution in [0.1, 0.15) is 49.4 Å². The minimum absolute atomic E-state index is 0.199. The molecule has 1 aromatic carbocycles. The summed E-state index contributed by atoms with van der Waals surface area (Å²) in [5.74, 6) is 1.74. The van der Waals surface area contributed by atoms with Crippen LogP contribution in [0, 0.1) is 5.92 Å². The van der Waals surface area contributed by atoms with Crippen molar-refractivity contribution in [2.75, 3.05) is 13.7 Å². The number of benzene rings is 1. The van der Waals surface area contributed by atoms with E-state index in [1.54, 1.807) is 7.11 Å². The van der Waals surface area contributed by atoms with Crippen LogP contribution >= 0.6 is 0 Å². The summed E-state index contributed by atoms with van der Waals surface area (Å²) in [6.07, 6.45) is 3.98. The van der Waals surface area contributed by atoms with Crippen LogP contribution in [0.2, 0.25) is 0 Å². The molecule has 0 saturated heterocycles.